The minimum Gasteiger partial charge on any atom is -0.456 e. The number of rotatable bonds is 10. The van der Waals surface area contributed by atoms with Crippen LogP contribution in [0.15, 0.2) is 66.9 Å². The summed E-state index contributed by atoms with van der Waals surface area (Å²) in [5.41, 5.74) is 4.31. The highest BCUT2D eigenvalue weighted by Gasteiger charge is 2.56. The topological polar surface area (TPSA) is 157 Å². The number of benzene rings is 3. The second-order valence-electron chi connectivity index (χ2n) is 12.9. The molecule has 1 fully saturated rings. The lowest BCUT2D eigenvalue weighted by molar-refractivity contribution is -0.265. The standard InChI is InChI=1S/C37H44N6O7/c1-5-40(6-2)23-13-15-27-29(17-23)49-30-18-24(41(7-3)8-4)14-16-28(30)37(27)26-12-10-9-11-25(26)35(47)42(37)19-22-20-43(39-38-22)32-34(46)33(45)31(21-44)50-36(32)48/h9-18,20,31-34,36,44-46,48H,5-8,19,21H2,1-4H3/t31?,32?,33-,34?,36+/m1/s1. The molecule has 4 aromatic rings. The summed E-state index contributed by atoms with van der Waals surface area (Å²) in [6, 6.07) is 18.8. The third-order valence-electron chi connectivity index (χ3n) is 10.4. The first-order chi connectivity index (χ1) is 24.2. The predicted octanol–water partition coefficient (Wildman–Crippen LogP) is 3.00. The van der Waals surface area contributed by atoms with Crippen molar-refractivity contribution in [2.24, 2.45) is 0 Å². The number of amides is 1. The van der Waals surface area contributed by atoms with E-state index >= 15 is 0 Å². The van der Waals surface area contributed by atoms with E-state index in [-0.39, 0.29) is 12.5 Å². The van der Waals surface area contributed by atoms with Gasteiger partial charge in [-0.2, -0.15) is 0 Å². The summed E-state index contributed by atoms with van der Waals surface area (Å²) in [4.78, 5) is 20.9. The fraction of sp³-hybridized carbons (Fsp3) is 0.432. The summed E-state index contributed by atoms with van der Waals surface area (Å²) >= 11 is 0. The van der Waals surface area contributed by atoms with Crippen molar-refractivity contribution in [1.29, 1.82) is 0 Å². The first-order valence-electron chi connectivity index (χ1n) is 17.3. The number of fused-ring (bicyclic) bond motifs is 6. The Morgan fingerprint density at radius 1 is 0.820 bits per heavy atom. The van der Waals surface area contributed by atoms with Crippen LogP contribution in [-0.2, 0) is 16.8 Å². The molecule has 0 bridgehead atoms. The minimum absolute atomic E-state index is 0.0174. The Labute approximate surface area is 290 Å². The third kappa shape index (κ3) is 5.14. The zero-order valence-electron chi connectivity index (χ0n) is 28.7. The van der Waals surface area contributed by atoms with Crippen molar-refractivity contribution >= 4 is 17.3 Å². The summed E-state index contributed by atoms with van der Waals surface area (Å²) in [5, 5.41) is 50.1. The molecule has 264 valence electrons. The lowest BCUT2D eigenvalue weighted by Gasteiger charge is -2.44. The third-order valence-corrected chi connectivity index (χ3v) is 10.4. The molecule has 3 unspecified atom stereocenters. The van der Waals surface area contributed by atoms with Crippen LogP contribution in [0.3, 0.4) is 0 Å². The summed E-state index contributed by atoms with van der Waals surface area (Å²) < 4.78 is 13.4. The second kappa shape index (κ2) is 13.3. The fourth-order valence-corrected chi connectivity index (χ4v) is 7.89. The molecule has 3 aliphatic heterocycles. The van der Waals surface area contributed by atoms with Crippen molar-refractivity contribution in [2.75, 3.05) is 42.6 Å². The molecule has 3 aromatic carbocycles. The molecule has 1 amide bonds. The zero-order valence-corrected chi connectivity index (χ0v) is 28.7. The Kier molecular flexibility index (Phi) is 9.03. The van der Waals surface area contributed by atoms with E-state index in [0.29, 0.717) is 22.8 Å². The van der Waals surface area contributed by atoms with Gasteiger partial charge in [-0.25, -0.2) is 4.68 Å². The number of hydrogen-bond donors (Lipinski definition) is 4. The van der Waals surface area contributed by atoms with Crippen LogP contribution in [0.4, 0.5) is 11.4 Å². The minimum atomic E-state index is -1.57. The van der Waals surface area contributed by atoms with E-state index in [2.05, 4.69) is 72.1 Å². The fourth-order valence-electron chi connectivity index (χ4n) is 7.89. The number of hydrogen-bond acceptors (Lipinski definition) is 11. The lowest BCUT2D eigenvalue weighted by Crippen LogP contribution is -2.56. The molecule has 0 saturated carbocycles. The maximum absolute atomic E-state index is 14.6. The van der Waals surface area contributed by atoms with Crippen molar-refractivity contribution in [3.63, 3.8) is 0 Å². The van der Waals surface area contributed by atoms with Gasteiger partial charge in [0.25, 0.3) is 5.91 Å². The van der Waals surface area contributed by atoms with Gasteiger partial charge in [0.2, 0.25) is 0 Å². The van der Waals surface area contributed by atoms with Crippen molar-refractivity contribution in [3.8, 4) is 11.5 Å². The molecule has 4 N–H and O–H groups in total. The normalized spacial score (nSPS) is 23.3. The van der Waals surface area contributed by atoms with Crippen LogP contribution in [0.2, 0.25) is 0 Å². The van der Waals surface area contributed by atoms with E-state index in [1.54, 1.807) is 4.90 Å². The predicted molar refractivity (Wildman–Crippen MR) is 185 cm³/mol. The summed E-state index contributed by atoms with van der Waals surface area (Å²) in [5.74, 6) is 1.10. The Hall–Kier alpha value is -4.53. The Morgan fingerprint density at radius 3 is 2.00 bits per heavy atom. The van der Waals surface area contributed by atoms with Gasteiger partial charge in [-0.3, -0.25) is 4.79 Å². The molecule has 1 spiro atoms. The molecule has 50 heavy (non-hydrogen) atoms. The molecule has 5 atom stereocenters. The van der Waals surface area contributed by atoms with E-state index < -0.39 is 42.8 Å². The number of aromatic nitrogens is 3. The van der Waals surface area contributed by atoms with Gasteiger partial charge in [-0.05, 0) is 51.5 Å². The number of carbonyl (C=O) groups is 1. The molecule has 0 aliphatic carbocycles. The molecule has 13 nitrogen and oxygen atoms in total. The van der Waals surface area contributed by atoms with Crippen LogP contribution >= 0.6 is 0 Å². The second-order valence-corrected chi connectivity index (χ2v) is 12.9. The SMILES string of the molecule is CCN(CC)c1ccc2c(c1)Oc1cc(N(CC)CC)ccc1C21c2ccccc2C(=O)N1Cc1cn(C2C(O)[C@H](O)C(CO)O[C@@H]2O)nn1. The first-order valence-corrected chi connectivity index (χ1v) is 17.3. The van der Waals surface area contributed by atoms with Crippen molar-refractivity contribution in [3.05, 3.63) is 94.8 Å². The molecular weight excluding hydrogens is 640 g/mol. The average Bonchev–Trinajstić information content (AvgIpc) is 3.68. The van der Waals surface area contributed by atoms with E-state index in [1.165, 1.54) is 10.9 Å². The van der Waals surface area contributed by atoms with Gasteiger partial charge in [-0.1, -0.05) is 35.5 Å². The van der Waals surface area contributed by atoms with Gasteiger partial charge in [0, 0.05) is 66.4 Å². The summed E-state index contributed by atoms with van der Waals surface area (Å²) in [7, 11) is 0. The average molecular weight is 685 g/mol. The molecule has 0 radical (unpaired) electrons. The van der Waals surface area contributed by atoms with E-state index in [0.717, 1.165) is 54.2 Å². The maximum Gasteiger partial charge on any atom is 0.255 e. The zero-order chi connectivity index (χ0) is 35.3. The highest BCUT2D eigenvalue weighted by Crippen LogP contribution is 2.58. The van der Waals surface area contributed by atoms with Gasteiger partial charge in [0.05, 0.1) is 19.3 Å². The summed E-state index contributed by atoms with van der Waals surface area (Å²) in [6.07, 6.45) is -4.15. The van der Waals surface area contributed by atoms with E-state index in [9.17, 15) is 25.2 Å². The Balaban J connectivity index is 1.38. The largest absolute Gasteiger partial charge is 0.456 e. The monoisotopic (exact) mass is 684 g/mol. The number of aliphatic hydroxyl groups is 4. The molecule has 4 heterocycles. The highest BCUT2D eigenvalue weighted by atomic mass is 16.6. The first kappa shape index (κ1) is 33.9. The molecule has 3 aliphatic rings. The Bertz CT molecular complexity index is 1810. The smallest absolute Gasteiger partial charge is 0.255 e. The van der Waals surface area contributed by atoms with Crippen molar-refractivity contribution in [1.82, 2.24) is 19.9 Å². The van der Waals surface area contributed by atoms with Crippen LogP contribution in [0, 0.1) is 0 Å². The molecule has 1 aromatic heterocycles. The number of nitrogens with zero attached hydrogens (tertiary/aromatic N) is 6. The van der Waals surface area contributed by atoms with Crippen LogP contribution in [-0.4, -0.2) is 104 Å². The molecule has 7 rings (SSSR count). The van der Waals surface area contributed by atoms with Crippen LogP contribution < -0.4 is 14.5 Å². The maximum atomic E-state index is 14.6. The van der Waals surface area contributed by atoms with Crippen molar-refractivity contribution in [2.45, 2.75) is 70.4 Å². The van der Waals surface area contributed by atoms with Crippen LogP contribution in [0.1, 0.15) is 66.5 Å². The van der Waals surface area contributed by atoms with Gasteiger partial charge in [0.1, 0.15) is 47.1 Å². The Morgan fingerprint density at radius 2 is 1.42 bits per heavy atom. The van der Waals surface area contributed by atoms with Gasteiger partial charge in [0.15, 0.2) is 6.29 Å². The quantitative estimate of drug-likeness (QED) is 0.195. The van der Waals surface area contributed by atoms with Gasteiger partial charge < -0.3 is 44.6 Å². The number of aliphatic hydroxyl groups excluding tert-OH is 4. The summed E-state index contributed by atoms with van der Waals surface area (Å²) in [6.45, 7) is 11.2. The number of anilines is 2. The number of ether oxygens (including phenoxy) is 2. The van der Waals surface area contributed by atoms with Crippen LogP contribution in [0.25, 0.3) is 0 Å². The molecular formula is C37H44N6O7. The molecule has 1 saturated heterocycles. The number of carbonyl (C=O) groups excluding carboxylic acids is 1. The van der Waals surface area contributed by atoms with Crippen molar-refractivity contribution < 1.29 is 34.7 Å². The van der Waals surface area contributed by atoms with Crippen LogP contribution in [0.5, 0.6) is 11.5 Å². The highest BCUT2D eigenvalue weighted by molar-refractivity contribution is 6.02. The lowest BCUT2D eigenvalue weighted by atomic mass is 9.74. The van der Waals surface area contributed by atoms with Gasteiger partial charge >= 0.3 is 0 Å². The van der Waals surface area contributed by atoms with E-state index in [1.807, 2.05) is 36.4 Å². The van der Waals surface area contributed by atoms with Gasteiger partial charge in [-0.15, -0.1) is 5.10 Å². The molecule has 13 heteroatoms. The van der Waals surface area contributed by atoms with E-state index in [4.69, 9.17) is 9.47 Å².